The van der Waals surface area contributed by atoms with Crippen molar-refractivity contribution in [3.05, 3.63) is 70.4 Å². The molecule has 0 aliphatic heterocycles. The molecule has 0 radical (unpaired) electrons. The predicted octanol–water partition coefficient (Wildman–Crippen LogP) is 3.09. The fourth-order valence-corrected chi connectivity index (χ4v) is 2.39. The molecule has 0 atom stereocenters. The summed E-state index contributed by atoms with van der Waals surface area (Å²) in [5, 5.41) is 10.3. The summed E-state index contributed by atoms with van der Waals surface area (Å²) in [6, 6.07) is 9.75. The van der Waals surface area contributed by atoms with Crippen LogP contribution in [-0.4, -0.2) is 20.9 Å². The average molecular weight is 364 g/mol. The lowest BCUT2D eigenvalue weighted by molar-refractivity contribution is 0.102. The number of nitrogens with zero attached hydrogens (tertiary/aromatic N) is 3. The molecule has 1 amide bonds. The molecule has 0 bridgehead atoms. The zero-order valence-electron chi connectivity index (χ0n) is 12.7. The Balaban J connectivity index is 1.80. The lowest BCUT2D eigenvalue weighted by atomic mass is 10.2. The number of nitrogens with one attached hydrogen (secondary N) is 1. The Bertz CT molecular complexity index is 944. The third-order valence-electron chi connectivity index (χ3n) is 3.39. The molecule has 9 heteroatoms. The van der Waals surface area contributed by atoms with Gasteiger partial charge in [-0.2, -0.15) is 0 Å². The van der Waals surface area contributed by atoms with E-state index in [0.717, 1.165) is 23.8 Å². The maximum Gasteiger partial charge on any atom is 0.280 e. The lowest BCUT2D eigenvalue weighted by Gasteiger charge is -2.06. The first kappa shape index (κ1) is 16.8. The normalized spacial score (nSPS) is 10.7. The van der Waals surface area contributed by atoms with Gasteiger partial charge in [-0.3, -0.25) is 4.79 Å². The minimum atomic E-state index is -0.792. The largest absolute Gasteiger partial charge is 0.382 e. The maximum absolute atomic E-state index is 13.6. The molecule has 0 saturated carbocycles. The molecule has 25 heavy (non-hydrogen) atoms. The molecule has 3 N–H and O–H groups in total. The number of halogens is 3. The molecule has 0 saturated heterocycles. The zero-order valence-corrected chi connectivity index (χ0v) is 13.5. The van der Waals surface area contributed by atoms with Crippen molar-refractivity contribution in [1.29, 1.82) is 0 Å². The summed E-state index contributed by atoms with van der Waals surface area (Å²) in [6.45, 7) is 0.251. The van der Waals surface area contributed by atoms with Gasteiger partial charge in [0.05, 0.1) is 12.2 Å². The van der Waals surface area contributed by atoms with Crippen LogP contribution in [0, 0.1) is 11.6 Å². The highest BCUT2D eigenvalue weighted by Crippen LogP contribution is 2.18. The van der Waals surface area contributed by atoms with Crippen LogP contribution in [0.5, 0.6) is 0 Å². The summed E-state index contributed by atoms with van der Waals surface area (Å²) in [4.78, 5) is 12.2. The molecule has 3 aromatic rings. The number of carbonyl (C=O) groups is 1. The third kappa shape index (κ3) is 3.74. The van der Waals surface area contributed by atoms with E-state index in [-0.39, 0.29) is 23.7 Å². The minimum Gasteiger partial charge on any atom is -0.382 e. The highest BCUT2D eigenvalue weighted by molar-refractivity contribution is 6.30. The van der Waals surface area contributed by atoms with Crippen LogP contribution >= 0.6 is 11.6 Å². The van der Waals surface area contributed by atoms with Crippen molar-refractivity contribution in [1.82, 2.24) is 15.0 Å². The van der Waals surface area contributed by atoms with Crippen LogP contribution in [-0.2, 0) is 6.54 Å². The predicted molar refractivity (Wildman–Crippen MR) is 89.3 cm³/mol. The van der Waals surface area contributed by atoms with Crippen molar-refractivity contribution in [2.45, 2.75) is 6.54 Å². The summed E-state index contributed by atoms with van der Waals surface area (Å²) in [7, 11) is 0. The molecule has 0 unspecified atom stereocenters. The molecule has 1 aromatic heterocycles. The Labute approximate surface area is 146 Å². The van der Waals surface area contributed by atoms with E-state index in [1.54, 1.807) is 18.2 Å². The monoisotopic (exact) mass is 363 g/mol. The van der Waals surface area contributed by atoms with Crippen LogP contribution in [0.2, 0.25) is 5.02 Å². The fourth-order valence-electron chi connectivity index (χ4n) is 2.18. The van der Waals surface area contributed by atoms with Crippen molar-refractivity contribution < 1.29 is 13.6 Å². The number of aromatic nitrogens is 3. The van der Waals surface area contributed by atoms with Gasteiger partial charge in [0.1, 0.15) is 11.6 Å². The fraction of sp³-hybridized carbons (Fsp3) is 0.0625. The molecule has 0 aliphatic carbocycles. The number of hydrogen-bond acceptors (Lipinski definition) is 4. The van der Waals surface area contributed by atoms with E-state index < -0.39 is 17.5 Å². The van der Waals surface area contributed by atoms with Gasteiger partial charge in [0.15, 0.2) is 11.5 Å². The van der Waals surface area contributed by atoms with E-state index >= 15 is 0 Å². The van der Waals surface area contributed by atoms with Crippen LogP contribution in [0.15, 0.2) is 42.5 Å². The van der Waals surface area contributed by atoms with Gasteiger partial charge in [-0.05, 0) is 29.8 Å². The summed E-state index contributed by atoms with van der Waals surface area (Å²) in [6.07, 6.45) is 0. The second-order valence-corrected chi connectivity index (χ2v) is 5.63. The number of hydrogen-bond donors (Lipinski definition) is 2. The first-order chi connectivity index (χ1) is 11.9. The van der Waals surface area contributed by atoms with Crippen LogP contribution in [0.3, 0.4) is 0 Å². The van der Waals surface area contributed by atoms with E-state index in [1.807, 2.05) is 6.07 Å². The van der Waals surface area contributed by atoms with Crippen LogP contribution in [0.25, 0.3) is 0 Å². The molecule has 0 fully saturated rings. The second kappa shape index (κ2) is 6.86. The standard InChI is InChI=1S/C16H12ClF2N5O/c17-10-3-1-2-9(6-10)8-24-15(20)14(22-23-24)16(25)21-13-7-11(18)4-5-12(13)19/h1-7H,8,20H2,(H,21,25). The number of rotatable bonds is 4. The molecule has 0 aliphatic rings. The van der Waals surface area contributed by atoms with Gasteiger partial charge in [0.2, 0.25) is 0 Å². The molecular formula is C16H12ClF2N5O. The minimum absolute atomic E-state index is 0.00529. The van der Waals surface area contributed by atoms with E-state index in [2.05, 4.69) is 15.6 Å². The maximum atomic E-state index is 13.6. The van der Waals surface area contributed by atoms with Gasteiger partial charge >= 0.3 is 0 Å². The van der Waals surface area contributed by atoms with Crippen molar-refractivity contribution >= 4 is 29.0 Å². The Kier molecular flexibility index (Phi) is 4.62. The van der Waals surface area contributed by atoms with Gasteiger partial charge in [-0.15, -0.1) is 5.10 Å². The van der Waals surface area contributed by atoms with E-state index in [1.165, 1.54) is 4.68 Å². The number of carbonyl (C=O) groups excluding carboxylic acids is 1. The smallest absolute Gasteiger partial charge is 0.280 e. The Morgan fingerprint density at radius 2 is 2.04 bits per heavy atom. The Morgan fingerprint density at radius 3 is 2.80 bits per heavy atom. The topological polar surface area (TPSA) is 85.8 Å². The van der Waals surface area contributed by atoms with Gasteiger partial charge in [0, 0.05) is 11.1 Å². The molecule has 3 rings (SSSR count). The molecular weight excluding hydrogens is 352 g/mol. The summed E-state index contributed by atoms with van der Waals surface area (Å²) >= 11 is 5.92. The highest BCUT2D eigenvalue weighted by Gasteiger charge is 2.19. The summed E-state index contributed by atoms with van der Waals surface area (Å²) < 4.78 is 28.1. The van der Waals surface area contributed by atoms with Gasteiger partial charge in [-0.1, -0.05) is 28.9 Å². The number of anilines is 2. The second-order valence-electron chi connectivity index (χ2n) is 5.19. The van der Waals surface area contributed by atoms with Crippen molar-refractivity contribution in [2.75, 3.05) is 11.1 Å². The number of amides is 1. The quantitative estimate of drug-likeness (QED) is 0.745. The Hall–Kier alpha value is -3.00. The first-order valence-electron chi connectivity index (χ1n) is 7.14. The van der Waals surface area contributed by atoms with Gasteiger partial charge in [0.25, 0.3) is 5.91 Å². The number of benzene rings is 2. The highest BCUT2D eigenvalue weighted by atomic mass is 35.5. The van der Waals surface area contributed by atoms with E-state index in [0.29, 0.717) is 5.02 Å². The number of nitrogen functional groups attached to an aromatic ring is 1. The Morgan fingerprint density at radius 1 is 1.24 bits per heavy atom. The van der Waals surface area contributed by atoms with Gasteiger partial charge in [-0.25, -0.2) is 13.5 Å². The molecule has 128 valence electrons. The third-order valence-corrected chi connectivity index (χ3v) is 3.62. The van der Waals surface area contributed by atoms with Gasteiger partial charge < -0.3 is 11.1 Å². The zero-order chi connectivity index (χ0) is 18.0. The van der Waals surface area contributed by atoms with Crippen molar-refractivity contribution in [2.24, 2.45) is 0 Å². The number of nitrogens with two attached hydrogens (primary N) is 1. The van der Waals surface area contributed by atoms with Crippen LogP contribution in [0.1, 0.15) is 16.1 Å². The molecule has 1 heterocycles. The molecule has 0 spiro atoms. The van der Waals surface area contributed by atoms with E-state index in [4.69, 9.17) is 17.3 Å². The van der Waals surface area contributed by atoms with Crippen molar-refractivity contribution in [3.63, 3.8) is 0 Å². The van der Waals surface area contributed by atoms with Crippen molar-refractivity contribution in [3.8, 4) is 0 Å². The molecule has 2 aromatic carbocycles. The molecule has 6 nitrogen and oxygen atoms in total. The SMILES string of the molecule is Nc1c(C(=O)Nc2cc(F)ccc2F)nnn1Cc1cccc(Cl)c1. The lowest BCUT2D eigenvalue weighted by Crippen LogP contribution is -2.16. The van der Waals surface area contributed by atoms with E-state index in [9.17, 15) is 13.6 Å². The average Bonchev–Trinajstić information content (AvgIpc) is 2.92. The van der Waals surface area contributed by atoms with Crippen LogP contribution in [0.4, 0.5) is 20.3 Å². The summed E-state index contributed by atoms with van der Waals surface area (Å²) in [5.74, 6) is -2.26. The first-order valence-corrected chi connectivity index (χ1v) is 7.51. The summed E-state index contributed by atoms with van der Waals surface area (Å²) in [5.41, 5.74) is 6.20. The van der Waals surface area contributed by atoms with Crippen LogP contribution < -0.4 is 11.1 Å².